The fourth-order valence-electron chi connectivity index (χ4n) is 4.10. The first-order valence-electron chi connectivity index (χ1n) is 9.58. The van der Waals surface area contributed by atoms with Crippen LogP contribution in [0.2, 0.25) is 0 Å². The Hall–Kier alpha value is -3.03. The van der Waals surface area contributed by atoms with E-state index in [2.05, 4.69) is 5.10 Å². The lowest BCUT2D eigenvalue weighted by atomic mass is 10.0. The van der Waals surface area contributed by atoms with E-state index < -0.39 is 0 Å². The quantitative estimate of drug-likeness (QED) is 0.568. The van der Waals surface area contributed by atoms with Gasteiger partial charge in [0.15, 0.2) is 0 Å². The zero-order chi connectivity index (χ0) is 20.0. The smallest absolute Gasteiger partial charge is 0.279 e. The molecule has 1 atom stereocenters. The van der Waals surface area contributed by atoms with Crippen LogP contribution in [-0.4, -0.2) is 44.7 Å². The van der Waals surface area contributed by atoms with Crippen LogP contribution in [0.1, 0.15) is 23.2 Å². The molecule has 0 spiro atoms. The average molecular weight is 405 g/mol. The lowest BCUT2D eigenvalue weighted by Crippen LogP contribution is -2.38. The molecule has 0 radical (unpaired) electrons. The predicted octanol–water partition coefficient (Wildman–Crippen LogP) is 3.17. The van der Waals surface area contributed by atoms with Crippen LogP contribution in [-0.2, 0) is 0 Å². The molecule has 1 fully saturated rings. The SMILES string of the molecule is O=C(c1cc(-c2ccccc2)c(=O)n2ncc3ccsc3c12)N1CCC[C@H]1CO. The lowest BCUT2D eigenvalue weighted by Gasteiger charge is -2.24. The van der Waals surface area contributed by atoms with Gasteiger partial charge < -0.3 is 10.0 Å². The highest BCUT2D eigenvalue weighted by Crippen LogP contribution is 2.30. The summed E-state index contributed by atoms with van der Waals surface area (Å²) in [5.74, 6) is -0.168. The number of aliphatic hydroxyl groups is 1. The Morgan fingerprint density at radius 3 is 2.86 bits per heavy atom. The summed E-state index contributed by atoms with van der Waals surface area (Å²) < 4.78 is 2.21. The zero-order valence-electron chi connectivity index (χ0n) is 15.6. The van der Waals surface area contributed by atoms with E-state index in [-0.39, 0.29) is 24.1 Å². The van der Waals surface area contributed by atoms with E-state index in [1.54, 1.807) is 17.2 Å². The molecule has 1 aliphatic rings. The molecule has 3 aromatic heterocycles. The lowest BCUT2D eigenvalue weighted by molar-refractivity contribution is 0.0679. The highest BCUT2D eigenvalue weighted by Gasteiger charge is 2.31. The molecule has 0 aliphatic carbocycles. The first-order valence-corrected chi connectivity index (χ1v) is 10.5. The number of nitrogens with zero attached hydrogens (tertiary/aromatic N) is 3. The minimum atomic E-state index is -0.252. The number of hydrogen-bond donors (Lipinski definition) is 1. The Balaban J connectivity index is 1.82. The fraction of sp³-hybridized carbons (Fsp3) is 0.227. The number of pyridine rings is 1. The zero-order valence-corrected chi connectivity index (χ0v) is 16.4. The van der Waals surface area contributed by atoms with E-state index in [1.807, 2.05) is 41.8 Å². The van der Waals surface area contributed by atoms with Crippen LogP contribution in [0.25, 0.3) is 26.7 Å². The van der Waals surface area contributed by atoms with Gasteiger partial charge in [-0.25, -0.2) is 0 Å². The van der Waals surface area contributed by atoms with E-state index in [9.17, 15) is 14.7 Å². The first kappa shape index (κ1) is 18.0. The standard InChI is InChI=1S/C22H19N3O3S/c26-13-16-7-4-9-24(16)21(27)18-11-17(14-5-2-1-3-6-14)22(28)25-19(18)20-15(12-23-25)8-10-29-20/h1-3,5-6,8,10-12,16,26H,4,7,9,13H2/t16-/m0/s1. The highest BCUT2D eigenvalue weighted by molar-refractivity contribution is 7.18. The predicted molar refractivity (Wildman–Crippen MR) is 113 cm³/mol. The van der Waals surface area contributed by atoms with E-state index in [0.29, 0.717) is 23.2 Å². The maximum atomic E-state index is 13.6. The van der Waals surface area contributed by atoms with Gasteiger partial charge in [0.2, 0.25) is 0 Å². The molecule has 6 nitrogen and oxygen atoms in total. The van der Waals surface area contributed by atoms with Gasteiger partial charge >= 0.3 is 0 Å². The topological polar surface area (TPSA) is 74.9 Å². The Bertz CT molecular complexity index is 1280. The number of hydrogen-bond acceptors (Lipinski definition) is 5. The van der Waals surface area contributed by atoms with Gasteiger partial charge in [0.1, 0.15) is 0 Å². The Kier molecular flexibility index (Phi) is 4.41. The molecule has 1 N–H and O–H groups in total. The van der Waals surface area contributed by atoms with Crippen LogP contribution in [0.4, 0.5) is 0 Å². The number of likely N-dealkylation sites (tertiary alicyclic amines) is 1. The van der Waals surface area contributed by atoms with Crippen LogP contribution in [0, 0.1) is 0 Å². The number of rotatable bonds is 3. The third-order valence-corrected chi connectivity index (χ3v) is 6.50. The number of fused-ring (bicyclic) bond motifs is 3. The maximum Gasteiger partial charge on any atom is 0.279 e. The third-order valence-electron chi connectivity index (χ3n) is 5.57. The second-order valence-electron chi connectivity index (χ2n) is 7.23. The minimum absolute atomic E-state index is 0.0609. The molecule has 5 rings (SSSR count). The van der Waals surface area contributed by atoms with Crippen LogP contribution < -0.4 is 5.56 Å². The van der Waals surface area contributed by atoms with E-state index >= 15 is 0 Å². The summed E-state index contributed by atoms with van der Waals surface area (Å²) in [6, 6.07) is 12.8. The van der Waals surface area contributed by atoms with Crippen molar-refractivity contribution in [2.24, 2.45) is 0 Å². The molecule has 0 saturated carbocycles. The first-order chi connectivity index (χ1) is 14.2. The Morgan fingerprint density at radius 1 is 1.24 bits per heavy atom. The van der Waals surface area contributed by atoms with Crippen LogP contribution >= 0.6 is 11.3 Å². The number of thiophene rings is 1. The summed E-state index contributed by atoms with van der Waals surface area (Å²) in [5, 5.41) is 16.9. The van der Waals surface area contributed by atoms with E-state index in [4.69, 9.17) is 0 Å². The van der Waals surface area contributed by atoms with Crippen molar-refractivity contribution in [1.82, 2.24) is 14.5 Å². The summed E-state index contributed by atoms with van der Waals surface area (Å²) in [7, 11) is 0. The monoisotopic (exact) mass is 405 g/mol. The van der Waals surface area contributed by atoms with E-state index in [1.165, 1.54) is 15.9 Å². The maximum absolute atomic E-state index is 13.6. The van der Waals surface area contributed by atoms with Crippen LogP contribution in [0.5, 0.6) is 0 Å². The van der Waals surface area contributed by atoms with Gasteiger partial charge in [-0.2, -0.15) is 9.61 Å². The van der Waals surface area contributed by atoms with Gasteiger partial charge in [-0.1, -0.05) is 30.3 Å². The van der Waals surface area contributed by atoms with Crippen molar-refractivity contribution in [3.05, 3.63) is 70.0 Å². The second kappa shape index (κ2) is 7.09. The largest absolute Gasteiger partial charge is 0.394 e. The molecular weight excluding hydrogens is 386 g/mol. The summed E-state index contributed by atoms with van der Waals surface area (Å²) in [6.45, 7) is 0.540. The van der Waals surface area contributed by atoms with Crippen LogP contribution in [0.15, 0.2) is 58.8 Å². The average Bonchev–Trinajstić information content (AvgIpc) is 3.43. The normalized spacial score (nSPS) is 16.7. The van der Waals surface area contributed by atoms with Gasteiger partial charge in [0.25, 0.3) is 11.5 Å². The molecule has 1 saturated heterocycles. The molecular formula is C22H19N3O3S. The highest BCUT2D eigenvalue weighted by atomic mass is 32.1. The van der Waals surface area contributed by atoms with Gasteiger partial charge in [0.05, 0.1) is 34.6 Å². The minimum Gasteiger partial charge on any atom is -0.394 e. The second-order valence-corrected chi connectivity index (χ2v) is 8.15. The molecule has 0 bridgehead atoms. The van der Waals surface area contributed by atoms with Gasteiger partial charge in [0, 0.05) is 17.5 Å². The number of carbonyl (C=O) groups excluding carboxylic acids is 1. The van der Waals surface area contributed by atoms with Gasteiger partial charge in [-0.05, 0) is 35.9 Å². The van der Waals surface area contributed by atoms with Crippen molar-refractivity contribution in [3.63, 3.8) is 0 Å². The molecule has 1 aromatic carbocycles. The molecule has 7 heteroatoms. The number of aromatic nitrogens is 2. The van der Waals surface area contributed by atoms with E-state index in [0.717, 1.165) is 28.5 Å². The Morgan fingerprint density at radius 2 is 2.07 bits per heavy atom. The summed E-state index contributed by atoms with van der Waals surface area (Å²) in [4.78, 5) is 28.5. The van der Waals surface area contributed by atoms with Crippen molar-refractivity contribution in [3.8, 4) is 11.1 Å². The summed E-state index contributed by atoms with van der Waals surface area (Å²) in [5.41, 5.74) is 1.92. The van der Waals surface area contributed by atoms with Crippen molar-refractivity contribution >= 4 is 32.8 Å². The van der Waals surface area contributed by atoms with Crippen molar-refractivity contribution in [2.45, 2.75) is 18.9 Å². The fourth-order valence-corrected chi connectivity index (χ4v) is 5.02. The molecule has 29 heavy (non-hydrogen) atoms. The Labute approximate surface area is 170 Å². The van der Waals surface area contributed by atoms with Crippen molar-refractivity contribution in [2.75, 3.05) is 13.2 Å². The third kappa shape index (κ3) is 2.85. The molecule has 4 aromatic rings. The molecule has 0 unspecified atom stereocenters. The van der Waals surface area contributed by atoms with Gasteiger partial charge in [-0.3, -0.25) is 9.59 Å². The molecule has 4 heterocycles. The number of carbonyl (C=O) groups is 1. The summed E-state index contributed by atoms with van der Waals surface area (Å²) >= 11 is 1.49. The molecule has 1 aliphatic heterocycles. The molecule has 1 amide bonds. The van der Waals surface area contributed by atoms with Crippen molar-refractivity contribution < 1.29 is 9.90 Å². The van der Waals surface area contributed by atoms with Crippen molar-refractivity contribution in [1.29, 1.82) is 0 Å². The number of amides is 1. The van der Waals surface area contributed by atoms with Crippen LogP contribution in [0.3, 0.4) is 0 Å². The van der Waals surface area contributed by atoms with Gasteiger partial charge in [-0.15, -0.1) is 11.3 Å². The number of benzene rings is 1. The molecule has 146 valence electrons. The number of aliphatic hydroxyl groups excluding tert-OH is 1. The summed E-state index contributed by atoms with van der Waals surface area (Å²) in [6.07, 6.45) is 3.31.